The van der Waals surface area contributed by atoms with Crippen LogP contribution in [0.15, 0.2) is 21.7 Å². The van der Waals surface area contributed by atoms with Crippen molar-refractivity contribution in [2.75, 3.05) is 0 Å². The largest absolute Gasteiger partial charge is 0.444 e. The first-order valence-electron chi connectivity index (χ1n) is 5.02. The van der Waals surface area contributed by atoms with Gasteiger partial charge in [0.25, 0.3) is 5.56 Å². The topological polar surface area (TPSA) is 60.9 Å². The van der Waals surface area contributed by atoms with Crippen LogP contribution in [0.4, 0.5) is 0 Å². The molecule has 5 heteroatoms. The minimum Gasteiger partial charge on any atom is -0.444 e. The standard InChI is InChI=1S/C11H13N3O2/c1-7-4-12-10(16-7)5-14-6-13-9(3)8(2)11(14)15/h4,6H,5H2,1-3H3. The Kier molecular flexibility index (Phi) is 2.60. The van der Waals surface area contributed by atoms with Crippen LogP contribution in [0.3, 0.4) is 0 Å². The van der Waals surface area contributed by atoms with E-state index in [0.717, 1.165) is 11.5 Å². The highest BCUT2D eigenvalue weighted by Gasteiger charge is 2.07. The maximum absolute atomic E-state index is 11.9. The molecule has 0 aliphatic heterocycles. The third kappa shape index (κ3) is 1.88. The quantitative estimate of drug-likeness (QED) is 0.761. The minimum atomic E-state index is -0.0525. The first-order chi connectivity index (χ1) is 7.58. The van der Waals surface area contributed by atoms with E-state index in [1.807, 2.05) is 13.8 Å². The number of oxazole rings is 1. The van der Waals surface area contributed by atoms with Gasteiger partial charge in [0.05, 0.1) is 12.5 Å². The Balaban J connectivity index is 2.36. The predicted molar refractivity (Wildman–Crippen MR) is 58.3 cm³/mol. The molecular formula is C11H13N3O2. The Hall–Kier alpha value is -1.91. The lowest BCUT2D eigenvalue weighted by atomic mass is 10.3. The molecule has 2 rings (SSSR count). The van der Waals surface area contributed by atoms with E-state index < -0.39 is 0 Å². The zero-order valence-electron chi connectivity index (χ0n) is 9.52. The number of rotatable bonds is 2. The SMILES string of the molecule is Cc1cnc(Cn2cnc(C)c(C)c2=O)o1. The van der Waals surface area contributed by atoms with Gasteiger partial charge in [-0.3, -0.25) is 9.36 Å². The van der Waals surface area contributed by atoms with E-state index in [1.165, 1.54) is 10.9 Å². The molecule has 0 radical (unpaired) electrons. The van der Waals surface area contributed by atoms with E-state index in [2.05, 4.69) is 9.97 Å². The summed E-state index contributed by atoms with van der Waals surface area (Å²) < 4.78 is 6.81. The molecule has 0 aliphatic rings. The summed E-state index contributed by atoms with van der Waals surface area (Å²) in [5, 5.41) is 0. The van der Waals surface area contributed by atoms with Crippen LogP contribution in [0.25, 0.3) is 0 Å². The first kappa shape index (κ1) is 10.6. The third-order valence-corrected chi connectivity index (χ3v) is 2.49. The van der Waals surface area contributed by atoms with Crippen LogP contribution in [-0.4, -0.2) is 14.5 Å². The Morgan fingerprint density at radius 2 is 2.06 bits per heavy atom. The van der Waals surface area contributed by atoms with Gasteiger partial charge in [-0.1, -0.05) is 0 Å². The van der Waals surface area contributed by atoms with Gasteiger partial charge in [0.2, 0.25) is 5.89 Å². The fourth-order valence-electron chi connectivity index (χ4n) is 1.41. The van der Waals surface area contributed by atoms with Crippen molar-refractivity contribution in [3.05, 3.63) is 45.8 Å². The van der Waals surface area contributed by atoms with Crippen molar-refractivity contribution in [2.45, 2.75) is 27.3 Å². The van der Waals surface area contributed by atoms with Crippen LogP contribution < -0.4 is 5.56 Å². The fraction of sp³-hybridized carbons (Fsp3) is 0.364. The van der Waals surface area contributed by atoms with E-state index in [1.54, 1.807) is 13.1 Å². The summed E-state index contributed by atoms with van der Waals surface area (Å²) in [5.41, 5.74) is 1.36. The summed E-state index contributed by atoms with van der Waals surface area (Å²) in [4.78, 5) is 20.0. The molecule has 0 aliphatic carbocycles. The van der Waals surface area contributed by atoms with Crippen LogP contribution in [0.2, 0.25) is 0 Å². The molecule has 16 heavy (non-hydrogen) atoms. The predicted octanol–water partition coefficient (Wildman–Crippen LogP) is 1.20. The number of aromatic nitrogens is 3. The van der Waals surface area contributed by atoms with Gasteiger partial charge in [0.15, 0.2) is 0 Å². The van der Waals surface area contributed by atoms with E-state index in [9.17, 15) is 4.79 Å². The second-order valence-electron chi connectivity index (χ2n) is 3.75. The highest BCUT2D eigenvalue weighted by molar-refractivity contribution is 5.12. The first-order valence-corrected chi connectivity index (χ1v) is 5.02. The molecule has 0 N–H and O–H groups in total. The fourth-order valence-corrected chi connectivity index (χ4v) is 1.41. The molecule has 0 saturated carbocycles. The summed E-state index contributed by atoms with van der Waals surface area (Å²) in [5.74, 6) is 1.25. The second-order valence-corrected chi connectivity index (χ2v) is 3.75. The molecule has 0 atom stereocenters. The number of nitrogens with zero attached hydrogens (tertiary/aromatic N) is 3. The molecular weight excluding hydrogens is 206 g/mol. The van der Waals surface area contributed by atoms with Crippen molar-refractivity contribution in [3.63, 3.8) is 0 Å². The van der Waals surface area contributed by atoms with E-state index in [0.29, 0.717) is 18.0 Å². The highest BCUT2D eigenvalue weighted by Crippen LogP contribution is 2.03. The lowest BCUT2D eigenvalue weighted by molar-refractivity contribution is 0.452. The molecule has 0 saturated heterocycles. The Labute approximate surface area is 92.8 Å². The summed E-state index contributed by atoms with van der Waals surface area (Å²) in [6, 6.07) is 0. The molecule has 0 fully saturated rings. The normalized spacial score (nSPS) is 10.7. The maximum Gasteiger partial charge on any atom is 0.256 e. The Morgan fingerprint density at radius 3 is 2.69 bits per heavy atom. The number of aryl methyl sites for hydroxylation is 2. The molecule has 5 nitrogen and oxygen atoms in total. The number of hydrogen-bond donors (Lipinski definition) is 0. The van der Waals surface area contributed by atoms with Gasteiger partial charge >= 0.3 is 0 Å². The minimum absolute atomic E-state index is 0.0525. The monoisotopic (exact) mass is 219 g/mol. The van der Waals surface area contributed by atoms with Crippen molar-refractivity contribution < 1.29 is 4.42 Å². The smallest absolute Gasteiger partial charge is 0.256 e. The van der Waals surface area contributed by atoms with Crippen molar-refractivity contribution in [1.82, 2.24) is 14.5 Å². The Morgan fingerprint density at radius 1 is 1.31 bits per heavy atom. The maximum atomic E-state index is 11.9. The summed E-state index contributed by atoms with van der Waals surface area (Å²) in [7, 11) is 0. The summed E-state index contributed by atoms with van der Waals surface area (Å²) in [6.07, 6.45) is 3.15. The van der Waals surface area contributed by atoms with Gasteiger partial charge in [-0.05, 0) is 20.8 Å². The van der Waals surface area contributed by atoms with Crippen LogP contribution in [0.5, 0.6) is 0 Å². The van der Waals surface area contributed by atoms with Gasteiger partial charge in [-0.25, -0.2) is 9.97 Å². The molecule has 0 bridgehead atoms. The molecule has 0 unspecified atom stereocenters. The lowest BCUT2D eigenvalue weighted by Gasteiger charge is -2.04. The average molecular weight is 219 g/mol. The second kappa shape index (κ2) is 3.92. The third-order valence-electron chi connectivity index (χ3n) is 2.49. The lowest BCUT2D eigenvalue weighted by Crippen LogP contribution is -2.24. The van der Waals surface area contributed by atoms with Crippen LogP contribution in [0, 0.1) is 20.8 Å². The zero-order valence-corrected chi connectivity index (χ0v) is 9.52. The molecule has 84 valence electrons. The zero-order chi connectivity index (χ0) is 11.7. The van der Waals surface area contributed by atoms with Crippen molar-refractivity contribution in [2.24, 2.45) is 0 Å². The number of hydrogen-bond acceptors (Lipinski definition) is 4. The Bertz CT molecular complexity index is 569. The van der Waals surface area contributed by atoms with E-state index in [-0.39, 0.29) is 5.56 Å². The van der Waals surface area contributed by atoms with Crippen molar-refractivity contribution >= 4 is 0 Å². The summed E-state index contributed by atoms with van der Waals surface area (Å²) >= 11 is 0. The van der Waals surface area contributed by atoms with E-state index in [4.69, 9.17) is 4.42 Å². The van der Waals surface area contributed by atoms with Gasteiger partial charge in [-0.15, -0.1) is 0 Å². The van der Waals surface area contributed by atoms with Gasteiger partial charge in [0, 0.05) is 11.3 Å². The van der Waals surface area contributed by atoms with Crippen molar-refractivity contribution in [1.29, 1.82) is 0 Å². The molecule has 2 aromatic heterocycles. The van der Waals surface area contributed by atoms with Gasteiger partial charge in [0.1, 0.15) is 12.3 Å². The van der Waals surface area contributed by atoms with Gasteiger partial charge < -0.3 is 4.42 Å². The molecule has 0 spiro atoms. The molecule has 0 aromatic carbocycles. The highest BCUT2D eigenvalue weighted by atomic mass is 16.4. The van der Waals surface area contributed by atoms with Crippen LogP contribution >= 0.6 is 0 Å². The average Bonchev–Trinajstić information content (AvgIpc) is 2.65. The molecule has 2 heterocycles. The van der Waals surface area contributed by atoms with E-state index >= 15 is 0 Å². The van der Waals surface area contributed by atoms with Crippen molar-refractivity contribution in [3.8, 4) is 0 Å². The van der Waals surface area contributed by atoms with Crippen LogP contribution in [0.1, 0.15) is 22.9 Å². The molecule has 0 amide bonds. The van der Waals surface area contributed by atoms with Crippen LogP contribution in [-0.2, 0) is 6.54 Å². The molecule has 2 aromatic rings. The summed E-state index contributed by atoms with van der Waals surface area (Å²) in [6.45, 7) is 5.72. The van der Waals surface area contributed by atoms with Gasteiger partial charge in [-0.2, -0.15) is 0 Å².